The van der Waals surface area contributed by atoms with E-state index in [4.69, 9.17) is 14.7 Å². The molecule has 0 radical (unpaired) electrons. The van der Waals surface area contributed by atoms with Gasteiger partial charge in [-0.15, -0.1) is 0 Å². The summed E-state index contributed by atoms with van der Waals surface area (Å²) in [6.07, 6.45) is 3.78. The molecule has 1 spiro atoms. The molecule has 1 aromatic rings. The number of nitrogens with one attached hydrogen (secondary N) is 2. The van der Waals surface area contributed by atoms with Gasteiger partial charge in [0.1, 0.15) is 16.5 Å². The lowest BCUT2D eigenvalue weighted by Gasteiger charge is -2.47. The molecule has 2 aliphatic rings. The molecule has 2 fully saturated rings. The summed E-state index contributed by atoms with van der Waals surface area (Å²) >= 11 is 0. The van der Waals surface area contributed by atoms with E-state index in [-0.39, 0.29) is 23.6 Å². The summed E-state index contributed by atoms with van der Waals surface area (Å²) < 4.78 is 5.31. The highest BCUT2D eigenvalue weighted by Crippen LogP contribution is 2.30. The van der Waals surface area contributed by atoms with E-state index in [0.717, 1.165) is 18.4 Å². The predicted molar refractivity (Wildman–Crippen MR) is 148 cm³/mol. The van der Waals surface area contributed by atoms with Crippen LogP contribution >= 0.6 is 0 Å². The Morgan fingerprint density at radius 3 is 2.42 bits per heavy atom. The fraction of sp³-hybridized carbons (Fsp3) is 0.679. The smallest absolute Gasteiger partial charge is 0.358 e. The van der Waals surface area contributed by atoms with Crippen LogP contribution in [0.25, 0.3) is 0 Å². The number of carbonyl (C=O) groups excluding carboxylic acids is 3. The average molecular weight is 565 g/mol. The van der Waals surface area contributed by atoms with E-state index >= 15 is 0 Å². The molecule has 2 unspecified atom stereocenters. The number of carbonyl (C=O) groups is 3. The fourth-order valence-corrected chi connectivity index (χ4v) is 4.64. The molecule has 0 bridgehead atoms. The zero-order chi connectivity index (χ0) is 29.5. The number of hydrogen-bond donors (Lipinski definition) is 3. The number of aliphatic hydroxyl groups is 1. The van der Waals surface area contributed by atoms with Gasteiger partial charge in [-0.25, -0.2) is 4.79 Å². The SMILES string of the molecule is CCC(CC)OC(=O)C(C)N[N+](=O)OCC(=O)N1CCN(Cc2ccccc2)C2(CCNC2=O)C1.CCCCO. The van der Waals surface area contributed by atoms with Gasteiger partial charge in [-0.3, -0.25) is 14.5 Å². The van der Waals surface area contributed by atoms with Crippen molar-refractivity contribution in [2.75, 3.05) is 39.4 Å². The zero-order valence-electron chi connectivity index (χ0n) is 24.3. The van der Waals surface area contributed by atoms with Crippen LogP contribution in [0.15, 0.2) is 30.3 Å². The predicted octanol–water partition coefficient (Wildman–Crippen LogP) is 1.70. The maximum Gasteiger partial charge on any atom is 0.358 e. The van der Waals surface area contributed by atoms with Crippen LogP contribution in [0.5, 0.6) is 0 Å². The van der Waals surface area contributed by atoms with Crippen LogP contribution in [-0.2, 0) is 30.5 Å². The van der Waals surface area contributed by atoms with Gasteiger partial charge in [0, 0.05) is 39.3 Å². The second-order valence-corrected chi connectivity index (χ2v) is 10.1. The molecule has 3 N–H and O–H groups in total. The van der Waals surface area contributed by atoms with Crippen LogP contribution in [0.2, 0.25) is 0 Å². The van der Waals surface area contributed by atoms with Crippen molar-refractivity contribution < 1.29 is 34.1 Å². The van der Waals surface area contributed by atoms with E-state index < -0.39 is 30.1 Å². The minimum atomic E-state index is -0.935. The first-order valence-electron chi connectivity index (χ1n) is 14.2. The van der Waals surface area contributed by atoms with Crippen molar-refractivity contribution in [3.05, 3.63) is 40.8 Å². The maximum absolute atomic E-state index is 12.9. The molecule has 0 aliphatic carbocycles. The number of piperazine rings is 1. The quantitative estimate of drug-likeness (QED) is 0.241. The van der Waals surface area contributed by atoms with Gasteiger partial charge in [0.15, 0.2) is 6.04 Å². The second kappa shape index (κ2) is 16.8. The van der Waals surface area contributed by atoms with Crippen molar-refractivity contribution in [2.45, 2.75) is 84.0 Å². The molecule has 12 nitrogen and oxygen atoms in total. The number of hydrazine groups is 1. The average Bonchev–Trinajstić information content (AvgIpc) is 3.32. The van der Waals surface area contributed by atoms with Gasteiger partial charge < -0.3 is 20.1 Å². The summed E-state index contributed by atoms with van der Waals surface area (Å²) in [5.74, 6) is -1.07. The number of aliphatic hydroxyl groups excluding tert-OH is 1. The third-order valence-electron chi connectivity index (χ3n) is 7.18. The maximum atomic E-state index is 12.9. The third-order valence-corrected chi connectivity index (χ3v) is 7.18. The summed E-state index contributed by atoms with van der Waals surface area (Å²) in [6.45, 7) is 9.49. The number of unbranched alkanes of at least 4 members (excludes halogenated alkanes) is 1. The van der Waals surface area contributed by atoms with Gasteiger partial charge in [-0.1, -0.05) is 62.9 Å². The normalized spacial score (nSPS) is 19.4. The Labute approximate surface area is 236 Å². The lowest BCUT2D eigenvalue weighted by molar-refractivity contribution is -0.842. The Morgan fingerprint density at radius 1 is 1.18 bits per heavy atom. The summed E-state index contributed by atoms with van der Waals surface area (Å²) in [4.78, 5) is 58.5. The van der Waals surface area contributed by atoms with Gasteiger partial charge in [-0.05, 0) is 38.2 Å². The van der Waals surface area contributed by atoms with Crippen LogP contribution in [0.4, 0.5) is 0 Å². The summed E-state index contributed by atoms with van der Waals surface area (Å²) in [6, 6.07) is 8.97. The number of rotatable bonds is 13. The summed E-state index contributed by atoms with van der Waals surface area (Å²) in [5.41, 5.74) is 2.60. The molecule has 3 rings (SSSR count). The highest BCUT2D eigenvalue weighted by atomic mass is 16.8. The largest absolute Gasteiger partial charge is 0.461 e. The van der Waals surface area contributed by atoms with E-state index in [9.17, 15) is 19.3 Å². The highest BCUT2D eigenvalue weighted by molar-refractivity contribution is 5.90. The molecular formula is C28H46N5O7+. The molecule has 2 amide bonds. The minimum Gasteiger partial charge on any atom is -0.461 e. The first kappa shape index (κ1) is 33.0. The standard InChI is InChI=1S/C24H35N5O6.C4H10O/c1-4-20(5-2)35-22(31)18(3)26-29(33)34-16-21(30)27-13-14-28(15-19-9-7-6-8-10-19)24(17-27)11-12-25-23(24)32;1-2-3-4-5/h6-10,18,20H,4-5,11-17H2,1-3H3,(H-,25,26,32,33);5H,2-4H2,1H3/p+1. The molecule has 0 saturated carbocycles. The van der Waals surface area contributed by atoms with Crippen molar-refractivity contribution >= 4 is 17.8 Å². The Hall–Kier alpha value is -3.25. The van der Waals surface area contributed by atoms with E-state index in [0.29, 0.717) is 52.0 Å². The molecular weight excluding hydrogens is 518 g/mol. The lowest BCUT2D eigenvalue weighted by Crippen LogP contribution is -2.66. The molecule has 2 aliphatic heterocycles. The van der Waals surface area contributed by atoms with Gasteiger partial charge in [0.25, 0.3) is 5.91 Å². The van der Waals surface area contributed by atoms with Gasteiger partial charge >= 0.3 is 11.0 Å². The van der Waals surface area contributed by atoms with Crippen molar-refractivity contribution in [1.29, 1.82) is 0 Å². The molecule has 2 heterocycles. The van der Waals surface area contributed by atoms with Crippen LogP contribution < -0.4 is 10.7 Å². The Balaban J connectivity index is 0.00000103. The summed E-state index contributed by atoms with van der Waals surface area (Å²) in [5, 5.41) is 11.0. The van der Waals surface area contributed by atoms with E-state index in [1.807, 2.05) is 44.2 Å². The molecule has 224 valence electrons. The van der Waals surface area contributed by atoms with Gasteiger partial charge in [-0.2, -0.15) is 4.84 Å². The zero-order valence-corrected chi connectivity index (χ0v) is 24.3. The topological polar surface area (TPSA) is 141 Å². The van der Waals surface area contributed by atoms with Crippen molar-refractivity contribution in [1.82, 2.24) is 20.5 Å². The first-order chi connectivity index (χ1) is 19.2. The minimum absolute atomic E-state index is 0.0143. The van der Waals surface area contributed by atoms with Crippen LogP contribution in [0.3, 0.4) is 0 Å². The molecule has 1 aromatic carbocycles. The van der Waals surface area contributed by atoms with Crippen LogP contribution in [0, 0.1) is 4.91 Å². The number of amides is 2. The summed E-state index contributed by atoms with van der Waals surface area (Å²) in [7, 11) is 0. The highest BCUT2D eigenvalue weighted by Gasteiger charge is 2.51. The second-order valence-electron chi connectivity index (χ2n) is 10.1. The first-order valence-corrected chi connectivity index (χ1v) is 14.2. The Morgan fingerprint density at radius 2 is 1.88 bits per heavy atom. The fourth-order valence-electron chi connectivity index (χ4n) is 4.64. The molecule has 40 heavy (non-hydrogen) atoms. The molecule has 2 atom stereocenters. The van der Waals surface area contributed by atoms with E-state index in [1.54, 1.807) is 4.90 Å². The number of hydrogen-bond acceptors (Lipinski definition) is 8. The van der Waals surface area contributed by atoms with Gasteiger partial charge in [0.2, 0.25) is 12.5 Å². The van der Waals surface area contributed by atoms with E-state index in [2.05, 4.69) is 22.6 Å². The monoisotopic (exact) mass is 564 g/mol. The molecule has 12 heteroatoms. The van der Waals surface area contributed by atoms with Crippen LogP contribution in [-0.4, -0.2) is 94.8 Å². The molecule has 2 saturated heterocycles. The third kappa shape index (κ3) is 9.44. The molecule has 0 aromatic heterocycles. The van der Waals surface area contributed by atoms with Crippen molar-refractivity contribution in [3.63, 3.8) is 0 Å². The lowest BCUT2D eigenvalue weighted by atomic mass is 9.91. The van der Waals surface area contributed by atoms with Crippen LogP contribution in [0.1, 0.15) is 65.4 Å². The number of esters is 1. The number of nitrogens with zero attached hydrogens (tertiary/aromatic N) is 3. The number of benzene rings is 1. The number of ether oxygens (including phenoxy) is 1. The Bertz CT molecular complexity index is 958. The van der Waals surface area contributed by atoms with Gasteiger partial charge in [0.05, 0.1) is 0 Å². The Kier molecular flexibility index (Phi) is 13.8. The van der Waals surface area contributed by atoms with E-state index in [1.165, 1.54) is 6.92 Å². The van der Waals surface area contributed by atoms with Crippen molar-refractivity contribution in [3.8, 4) is 0 Å². The van der Waals surface area contributed by atoms with Crippen molar-refractivity contribution in [2.24, 2.45) is 0 Å².